The average molecular weight is 301 g/mol. The predicted molar refractivity (Wildman–Crippen MR) is 88.6 cm³/mol. The predicted octanol–water partition coefficient (Wildman–Crippen LogP) is 2.19. The van der Waals surface area contributed by atoms with Crippen molar-refractivity contribution in [3.63, 3.8) is 0 Å². The van der Waals surface area contributed by atoms with E-state index in [1.165, 1.54) is 6.08 Å². The van der Waals surface area contributed by atoms with Gasteiger partial charge in [0, 0.05) is 31.8 Å². The first-order chi connectivity index (χ1) is 10.6. The number of carbonyl (C=O) groups excluding carboxylic acids is 1. The van der Waals surface area contributed by atoms with Crippen molar-refractivity contribution < 1.29 is 14.3 Å². The third-order valence-corrected chi connectivity index (χ3v) is 3.34. The Balaban J connectivity index is 2.38. The van der Waals surface area contributed by atoms with E-state index >= 15 is 0 Å². The van der Waals surface area contributed by atoms with E-state index in [1.54, 1.807) is 7.11 Å². The van der Waals surface area contributed by atoms with E-state index in [1.807, 2.05) is 44.2 Å². The summed E-state index contributed by atoms with van der Waals surface area (Å²) in [7, 11) is 7.41. The summed E-state index contributed by atoms with van der Waals surface area (Å²) in [6, 6.07) is 9.29. The minimum absolute atomic E-state index is 0.0497. The summed E-state index contributed by atoms with van der Waals surface area (Å²) in [5.41, 5.74) is 1.86. The van der Waals surface area contributed by atoms with Crippen LogP contribution in [0.1, 0.15) is 25.8 Å². The monoisotopic (exact) mass is 301 g/mol. The standard InChI is InChI=1S/C17H24BNO3/c1-4-15(17(18)21-3)19-11-13(2)10-16(20)22-12-14-8-6-5-7-9-14/h5-10,15,17,19H,4,11-12H2,1-3H3/b13-10-/t15?,17-/m1/s1. The number of hydrogen-bond donors (Lipinski definition) is 1. The van der Waals surface area contributed by atoms with Gasteiger partial charge >= 0.3 is 5.97 Å². The van der Waals surface area contributed by atoms with Gasteiger partial charge in [0.2, 0.25) is 0 Å². The fourth-order valence-corrected chi connectivity index (χ4v) is 1.97. The van der Waals surface area contributed by atoms with Crippen molar-refractivity contribution in [3.8, 4) is 0 Å². The second-order valence-electron chi connectivity index (χ2n) is 5.18. The Morgan fingerprint density at radius 3 is 2.64 bits per heavy atom. The number of benzene rings is 1. The lowest BCUT2D eigenvalue weighted by atomic mass is 9.90. The van der Waals surface area contributed by atoms with E-state index in [-0.39, 0.29) is 24.6 Å². The van der Waals surface area contributed by atoms with Gasteiger partial charge in [0.25, 0.3) is 0 Å². The lowest BCUT2D eigenvalue weighted by Crippen LogP contribution is -2.41. The smallest absolute Gasteiger partial charge is 0.331 e. The number of carbonyl (C=O) groups is 1. The Kier molecular flexibility index (Phi) is 8.55. The third-order valence-electron chi connectivity index (χ3n) is 3.34. The van der Waals surface area contributed by atoms with E-state index in [0.717, 1.165) is 17.6 Å². The van der Waals surface area contributed by atoms with Crippen molar-refractivity contribution in [2.45, 2.75) is 38.9 Å². The highest BCUT2D eigenvalue weighted by molar-refractivity contribution is 6.11. The molecule has 2 radical (unpaired) electrons. The summed E-state index contributed by atoms with van der Waals surface area (Å²) in [5.74, 6) is -0.341. The first-order valence-electron chi connectivity index (χ1n) is 7.46. The second kappa shape index (κ2) is 10.2. The van der Waals surface area contributed by atoms with Crippen molar-refractivity contribution in [1.82, 2.24) is 5.32 Å². The summed E-state index contributed by atoms with van der Waals surface area (Å²) >= 11 is 0. The summed E-state index contributed by atoms with van der Waals surface area (Å²) in [6.07, 6.45) is 2.35. The van der Waals surface area contributed by atoms with E-state index in [9.17, 15) is 4.79 Å². The van der Waals surface area contributed by atoms with E-state index in [0.29, 0.717) is 6.54 Å². The molecular weight excluding hydrogens is 277 g/mol. The molecule has 5 heteroatoms. The van der Waals surface area contributed by atoms with Gasteiger partial charge in [-0.25, -0.2) is 4.79 Å². The summed E-state index contributed by atoms with van der Waals surface area (Å²) in [4.78, 5) is 11.8. The molecule has 0 bridgehead atoms. The quantitative estimate of drug-likeness (QED) is 0.431. The lowest BCUT2D eigenvalue weighted by molar-refractivity contribution is -0.139. The lowest BCUT2D eigenvalue weighted by Gasteiger charge is -2.23. The Bertz CT molecular complexity index is 476. The molecule has 4 nitrogen and oxygen atoms in total. The molecule has 0 aromatic heterocycles. The Labute approximate surface area is 134 Å². The zero-order chi connectivity index (χ0) is 16.4. The highest BCUT2D eigenvalue weighted by Gasteiger charge is 2.13. The topological polar surface area (TPSA) is 47.6 Å². The van der Waals surface area contributed by atoms with Crippen molar-refractivity contribution in [2.24, 2.45) is 0 Å². The number of hydrogen-bond acceptors (Lipinski definition) is 4. The largest absolute Gasteiger partial charge is 0.458 e. The Morgan fingerprint density at radius 2 is 2.05 bits per heavy atom. The molecule has 0 saturated carbocycles. The normalized spacial score (nSPS) is 14.4. The van der Waals surface area contributed by atoms with Gasteiger partial charge in [-0.3, -0.25) is 0 Å². The molecule has 22 heavy (non-hydrogen) atoms. The molecule has 0 aliphatic heterocycles. The minimum atomic E-state index is -0.358. The fraction of sp³-hybridized carbons (Fsp3) is 0.471. The van der Waals surface area contributed by atoms with Crippen LogP contribution in [0.5, 0.6) is 0 Å². The summed E-state index contributed by atoms with van der Waals surface area (Å²) < 4.78 is 10.3. The van der Waals surface area contributed by atoms with Gasteiger partial charge in [0.15, 0.2) is 0 Å². The first-order valence-corrected chi connectivity index (χ1v) is 7.46. The van der Waals surface area contributed by atoms with Crippen LogP contribution in [0.2, 0.25) is 0 Å². The van der Waals surface area contributed by atoms with Crippen LogP contribution in [0.15, 0.2) is 42.0 Å². The molecule has 1 N–H and O–H groups in total. The average Bonchev–Trinajstić information content (AvgIpc) is 2.54. The van der Waals surface area contributed by atoms with Crippen LogP contribution < -0.4 is 5.32 Å². The van der Waals surface area contributed by atoms with Crippen molar-refractivity contribution in [3.05, 3.63) is 47.5 Å². The number of esters is 1. The van der Waals surface area contributed by atoms with E-state index in [2.05, 4.69) is 5.32 Å². The van der Waals surface area contributed by atoms with Crippen molar-refractivity contribution >= 4 is 13.8 Å². The third kappa shape index (κ3) is 6.92. The molecule has 0 aliphatic rings. The van der Waals surface area contributed by atoms with Crippen LogP contribution in [0, 0.1) is 0 Å². The van der Waals surface area contributed by atoms with Crippen LogP contribution in [-0.4, -0.2) is 39.5 Å². The van der Waals surface area contributed by atoms with Crippen LogP contribution in [0.4, 0.5) is 0 Å². The molecular formula is C17H24BNO3. The zero-order valence-electron chi connectivity index (χ0n) is 13.5. The van der Waals surface area contributed by atoms with Gasteiger partial charge in [-0.1, -0.05) is 42.8 Å². The number of rotatable bonds is 9. The first kappa shape index (κ1) is 18.5. The molecule has 1 aromatic carbocycles. The molecule has 1 unspecified atom stereocenters. The molecule has 1 rings (SSSR count). The second-order valence-corrected chi connectivity index (χ2v) is 5.18. The molecule has 2 atom stereocenters. The molecule has 0 heterocycles. The SMILES string of the molecule is [B][C@H](OC)C(CC)NC/C(C)=C\C(=O)OCc1ccccc1. The van der Waals surface area contributed by atoms with Gasteiger partial charge in [0.05, 0.1) is 0 Å². The van der Waals surface area contributed by atoms with E-state index in [4.69, 9.17) is 17.3 Å². The van der Waals surface area contributed by atoms with Gasteiger partial charge in [-0.2, -0.15) is 0 Å². The van der Waals surface area contributed by atoms with Crippen LogP contribution in [0.3, 0.4) is 0 Å². The van der Waals surface area contributed by atoms with Gasteiger partial charge in [0.1, 0.15) is 14.5 Å². The van der Waals surface area contributed by atoms with Crippen LogP contribution >= 0.6 is 0 Å². The zero-order valence-corrected chi connectivity index (χ0v) is 13.5. The fourth-order valence-electron chi connectivity index (χ4n) is 1.97. The minimum Gasteiger partial charge on any atom is -0.458 e. The Hall–Kier alpha value is -1.59. The number of methoxy groups -OCH3 is 1. The van der Waals surface area contributed by atoms with Crippen molar-refractivity contribution in [2.75, 3.05) is 13.7 Å². The molecule has 0 amide bonds. The Morgan fingerprint density at radius 1 is 1.36 bits per heavy atom. The molecule has 1 aromatic rings. The number of ether oxygens (including phenoxy) is 2. The highest BCUT2D eigenvalue weighted by Crippen LogP contribution is 2.03. The van der Waals surface area contributed by atoms with Gasteiger partial charge in [-0.05, 0) is 18.9 Å². The molecule has 0 saturated heterocycles. The molecule has 0 fully saturated rings. The molecule has 0 spiro atoms. The maximum Gasteiger partial charge on any atom is 0.331 e. The highest BCUT2D eigenvalue weighted by atomic mass is 16.5. The van der Waals surface area contributed by atoms with E-state index < -0.39 is 0 Å². The maximum atomic E-state index is 11.8. The van der Waals surface area contributed by atoms with Crippen LogP contribution in [-0.2, 0) is 20.9 Å². The summed E-state index contributed by atoms with van der Waals surface area (Å²) in [6.45, 7) is 4.75. The van der Waals surface area contributed by atoms with Crippen molar-refractivity contribution in [1.29, 1.82) is 0 Å². The van der Waals surface area contributed by atoms with Crippen LogP contribution in [0.25, 0.3) is 0 Å². The molecule has 0 aliphatic carbocycles. The van der Waals surface area contributed by atoms with Gasteiger partial charge in [-0.15, -0.1) is 0 Å². The maximum absolute atomic E-state index is 11.8. The van der Waals surface area contributed by atoms with Gasteiger partial charge < -0.3 is 14.8 Å². The molecule has 118 valence electrons. The number of nitrogens with one attached hydrogen (secondary N) is 1. The summed E-state index contributed by atoms with van der Waals surface area (Å²) in [5, 5.41) is 3.27.